The van der Waals surface area contributed by atoms with E-state index in [1.807, 2.05) is 0 Å². The molecule has 3 aliphatic rings. The monoisotopic (exact) mass is 264 g/mol. The van der Waals surface area contributed by atoms with E-state index in [0.29, 0.717) is 12.5 Å². The van der Waals surface area contributed by atoms with Crippen molar-refractivity contribution in [3.8, 4) is 0 Å². The highest BCUT2D eigenvalue weighted by atomic mass is 16.1. The van der Waals surface area contributed by atoms with Crippen molar-refractivity contribution < 1.29 is 4.79 Å². The van der Waals surface area contributed by atoms with Crippen LogP contribution in [-0.4, -0.2) is 19.0 Å². The van der Waals surface area contributed by atoms with Crippen molar-refractivity contribution in [3.63, 3.8) is 0 Å². The summed E-state index contributed by atoms with van der Waals surface area (Å²) in [5.74, 6) is 3.80. The summed E-state index contributed by atoms with van der Waals surface area (Å²) < 4.78 is 0. The summed E-state index contributed by atoms with van der Waals surface area (Å²) in [6.45, 7) is 1.56. The predicted molar refractivity (Wildman–Crippen MR) is 76.5 cm³/mol. The number of hydrogen-bond donors (Lipinski definition) is 2. The van der Waals surface area contributed by atoms with Crippen LogP contribution in [-0.2, 0) is 4.79 Å². The number of amides is 1. The Hall–Kier alpha value is -0.570. The number of nitrogens with two attached hydrogens (primary N) is 1. The lowest BCUT2D eigenvalue weighted by molar-refractivity contribution is -0.126. The summed E-state index contributed by atoms with van der Waals surface area (Å²) in [6.07, 6.45) is 10.4. The molecule has 0 aromatic heterocycles. The van der Waals surface area contributed by atoms with Gasteiger partial charge in [-0.15, -0.1) is 0 Å². The highest BCUT2D eigenvalue weighted by Gasteiger charge is 2.39. The Labute approximate surface area is 116 Å². The first-order valence-corrected chi connectivity index (χ1v) is 8.25. The van der Waals surface area contributed by atoms with Crippen molar-refractivity contribution in [2.45, 2.75) is 51.4 Å². The van der Waals surface area contributed by atoms with E-state index in [9.17, 15) is 4.79 Å². The van der Waals surface area contributed by atoms with Gasteiger partial charge in [0.15, 0.2) is 0 Å². The molecule has 5 atom stereocenters. The molecule has 0 aromatic rings. The Balaban J connectivity index is 1.39. The van der Waals surface area contributed by atoms with Crippen LogP contribution in [0.4, 0.5) is 0 Å². The zero-order valence-electron chi connectivity index (χ0n) is 11.9. The molecule has 0 spiro atoms. The highest BCUT2D eigenvalue weighted by molar-refractivity contribution is 5.79. The lowest BCUT2D eigenvalue weighted by Gasteiger charge is -2.22. The van der Waals surface area contributed by atoms with Crippen molar-refractivity contribution in [2.24, 2.45) is 35.3 Å². The maximum absolute atomic E-state index is 12.2. The van der Waals surface area contributed by atoms with Gasteiger partial charge in [0.25, 0.3) is 0 Å². The average Bonchev–Trinajstić information content (AvgIpc) is 3.14. The molecular weight excluding hydrogens is 236 g/mol. The van der Waals surface area contributed by atoms with Crippen LogP contribution in [0.15, 0.2) is 0 Å². The van der Waals surface area contributed by atoms with Crippen molar-refractivity contribution >= 4 is 5.91 Å². The summed E-state index contributed by atoms with van der Waals surface area (Å²) in [6, 6.07) is 0. The van der Waals surface area contributed by atoms with Gasteiger partial charge in [0, 0.05) is 12.5 Å². The Morgan fingerprint density at radius 1 is 1.11 bits per heavy atom. The molecule has 19 heavy (non-hydrogen) atoms. The zero-order chi connectivity index (χ0) is 13.2. The number of hydrogen-bond acceptors (Lipinski definition) is 2. The number of carbonyl (C=O) groups excluding carboxylic acids is 1. The van der Waals surface area contributed by atoms with Crippen molar-refractivity contribution in [2.75, 3.05) is 13.1 Å². The van der Waals surface area contributed by atoms with E-state index in [-0.39, 0.29) is 11.8 Å². The quantitative estimate of drug-likeness (QED) is 0.800. The number of rotatable bonds is 5. The van der Waals surface area contributed by atoms with Crippen molar-refractivity contribution in [1.82, 2.24) is 5.32 Å². The van der Waals surface area contributed by atoms with Gasteiger partial charge in [0.2, 0.25) is 5.91 Å². The predicted octanol–water partition coefficient (Wildman–Crippen LogP) is 2.30. The van der Waals surface area contributed by atoms with Crippen LogP contribution in [0.5, 0.6) is 0 Å². The molecule has 0 saturated heterocycles. The molecule has 0 aromatic carbocycles. The van der Waals surface area contributed by atoms with Crippen LogP contribution >= 0.6 is 0 Å². The molecule has 2 bridgehead atoms. The third-order valence-corrected chi connectivity index (χ3v) is 6.00. The van der Waals surface area contributed by atoms with E-state index in [0.717, 1.165) is 37.1 Å². The van der Waals surface area contributed by atoms with Gasteiger partial charge in [0.1, 0.15) is 0 Å². The molecule has 0 heterocycles. The van der Waals surface area contributed by atoms with Crippen LogP contribution in [0.2, 0.25) is 0 Å². The summed E-state index contributed by atoms with van der Waals surface area (Å²) in [7, 11) is 0. The minimum absolute atomic E-state index is 0.199. The van der Waals surface area contributed by atoms with E-state index in [1.54, 1.807) is 0 Å². The standard InChI is InChI=1S/C16H28N2O/c17-10-14-2-1-3-15(14)16(19)18-7-6-13-9-11-4-5-12(13)8-11/h11-15H,1-10,17H2,(H,18,19)/t11?,12?,13?,14-,15-/m1/s1. The number of carbonyl (C=O) groups is 1. The van der Waals surface area contributed by atoms with Gasteiger partial charge < -0.3 is 11.1 Å². The van der Waals surface area contributed by atoms with Crippen LogP contribution in [0.1, 0.15) is 51.4 Å². The molecule has 3 aliphatic carbocycles. The average molecular weight is 264 g/mol. The van der Waals surface area contributed by atoms with Crippen molar-refractivity contribution in [3.05, 3.63) is 0 Å². The Morgan fingerprint density at radius 2 is 2.00 bits per heavy atom. The third-order valence-electron chi connectivity index (χ3n) is 6.00. The van der Waals surface area contributed by atoms with Gasteiger partial charge in [-0.1, -0.05) is 12.8 Å². The lowest BCUT2D eigenvalue weighted by atomic mass is 9.86. The topological polar surface area (TPSA) is 55.1 Å². The van der Waals surface area contributed by atoms with E-state index in [4.69, 9.17) is 5.73 Å². The van der Waals surface area contributed by atoms with E-state index < -0.39 is 0 Å². The largest absolute Gasteiger partial charge is 0.356 e. The second kappa shape index (κ2) is 5.82. The second-order valence-electron chi connectivity index (χ2n) is 7.05. The molecule has 3 unspecified atom stereocenters. The highest BCUT2D eigenvalue weighted by Crippen LogP contribution is 2.49. The fourth-order valence-corrected chi connectivity index (χ4v) is 4.91. The molecule has 3 heteroatoms. The SMILES string of the molecule is NC[C@H]1CCC[C@H]1C(=O)NCCC1CC2CCC1C2. The van der Waals surface area contributed by atoms with Crippen LogP contribution in [0, 0.1) is 29.6 Å². The van der Waals surface area contributed by atoms with Gasteiger partial charge >= 0.3 is 0 Å². The maximum atomic E-state index is 12.2. The van der Waals surface area contributed by atoms with Gasteiger partial charge in [-0.05, 0) is 68.7 Å². The van der Waals surface area contributed by atoms with Crippen LogP contribution in [0.25, 0.3) is 0 Å². The summed E-state index contributed by atoms with van der Waals surface area (Å²) in [4.78, 5) is 12.2. The summed E-state index contributed by atoms with van der Waals surface area (Å²) in [5.41, 5.74) is 5.75. The fraction of sp³-hybridized carbons (Fsp3) is 0.938. The molecule has 0 radical (unpaired) electrons. The second-order valence-corrected chi connectivity index (χ2v) is 7.05. The molecule has 3 N–H and O–H groups in total. The normalized spacial score (nSPS) is 40.8. The maximum Gasteiger partial charge on any atom is 0.223 e. The molecule has 0 aliphatic heterocycles. The number of fused-ring (bicyclic) bond motifs is 2. The van der Waals surface area contributed by atoms with Crippen molar-refractivity contribution in [1.29, 1.82) is 0 Å². The zero-order valence-corrected chi connectivity index (χ0v) is 11.9. The molecule has 3 rings (SSSR count). The molecule has 3 nitrogen and oxygen atoms in total. The Morgan fingerprint density at radius 3 is 2.68 bits per heavy atom. The number of nitrogens with one attached hydrogen (secondary N) is 1. The molecule has 1 amide bonds. The minimum atomic E-state index is 0.199. The van der Waals surface area contributed by atoms with E-state index >= 15 is 0 Å². The van der Waals surface area contributed by atoms with Gasteiger partial charge in [-0.25, -0.2) is 0 Å². The molecule has 3 fully saturated rings. The van der Waals surface area contributed by atoms with E-state index in [1.165, 1.54) is 38.5 Å². The Bertz CT molecular complexity index is 331. The summed E-state index contributed by atoms with van der Waals surface area (Å²) >= 11 is 0. The van der Waals surface area contributed by atoms with Crippen LogP contribution < -0.4 is 11.1 Å². The van der Waals surface area contributed by atoms with Gasteiger partial charge in [0.05, 0.1) is 0 Å². The Kier molecular flexibility index (Phi) is 4.11. The van der Waals surface area contributed by atoms with Gasteiger partial charge in [-0.2, -0.15) is 0 Å². The smallest absolute Gasteiger partial charge is 0.223 e. The fourth-order valence-electron chi connectivity index (χ4n) is 4.91. The van der Waals surface area contributed by atoms with E-state index in [2.05, 4.69) is 5.32 Å². The third kappa shape index (κ3) is 2.81. The van der Waals surface area contributed by atoms with Gasteiger partial charge in [-0.3, -0.25) is 4.79 Å². The molecular formula is C16H28N2O. The molecule has 3 saturated carbocycles. The first-order valence-electron chi connectivity index (χ1n) is 8.25. The first-order chi connectivity index (χ1) is 9.28. The molecule has 108 valence electrons. The lowest BCUT2D eigenvalue weighted by Crippen LogP contribution is -2.36. The first kappa shape index (κ1) is 13.4. The minimum Gasteiger partial charge on any atom is -0.356 e. The van der Waals surface area contributed by atoms with Crippen LogP contribution in [0.3, 0.4) is 0 Å². The summed E-state index contributed by atoms with van der Waals surface area (Å²) in [5, 5.41) is 3.18.